The van der Waals surface area contributed by atoms with Crippen molar-refractivity contribution < 1.29 is 17.9 Å². The molecule has 0 saturated carbocycles. The van der Waals surface area contributed by atoms with Crippen molar-refractivity contribution in [1.82, 2.24) is 5.32 Å². The Kier molecular flexibility index (Phi) is 8.71. The smallest absolute Gasteiger partial charge is 0.264 e. The second-order valence-corrected chi connectivity index (χ2v) is 10.1. The molecular weight excluding hydrogens is 448 g/mol. The van der Waals surface area contributed by atoms with Crippen molar-refractivity contribution in [2.24, 2.45) is 0 Å². The number of anilines is 1. The number of hydrogen-bond acceptors (Lipinski definition) is 4. The van der Waals surface area contributed by atoms with Crippen molar-refractivity contribution >= 4 is 21.6 Å². The molecule has 0 heterocycles. The van der Waals surface area contributed by atoms with Gasteiger partial charge in [-0.25, -0.2) is 8.42 Å². The van der Waals surface area contributed by atoms with Gasteiger partial charge in [0.1, 0.15) is 12.3 Å². The molecule has 0 aromatic heterocycles. The van der Waals surface area contributed by atoms with Crippen molar-refractivity contribution in [3.8, 4) is 5.75 Å². The number of ether oxygens (including phenoxy) is 1. The number of benzene rings is 3. The second-order valence-electron chi connectivity index (χ2n) is 8.19. The van der Waals surface area contributed by atoms with E-state index >= 15 is 0 Å². The number of nitrogens with one attached hydrogen (secondary N) is 1. The van der Waals surface area contributed by atoms with Crippen LogP contribution in [-0.2, 0) is 21.2 Å². The number of hydrogen-bond donors (Lipinski definition) is 1. The van der Waals surface area contributed by atoms with Crippen molar-refractivity contribution in [2.75, 3.05) is 24.0 Å². The maximum atomic E-state index is 13.4. The minimum absolute atomic E-state index is 0.155. The first-order chi connectivity index (χ1) is 16.3. The third kappa shape index (κ3) is 6.84. The fourth-order valence-electron chi connectivity index (χ4n) is 3.49. The summed E-state index contributed by atoms with van der Waals surface area (Å²) in [5.74, 6) is 0.494. The van der Waals surface area contributed by atoms with Gasteiger partial charge < -0.3 is 10.1 Å². The summed E-state index contributed by atoms with van der Waals surface area (Å²) in [5, 5.41) is 2.86. The summed E-state index contributed by atoms with van der Waals surface area (Å²) >= 11 is 0. The number of sulfonamides is 1. The van der Waals surface area contributed by atoms with E-state index in [1.807, 2.05) is 57.2 Å². The van der Waals surface area contributed by atoms with E-state index in [1.165, 1.54) is 4.31 Å². The van der Waals surface area contributed by atoms with Gasteiger partial charge in [-0.05, 0) is 75.6 Å². The zero-order valence-corrected chi connectivity index (χ0v) is 20.8. The maximum Gasteiger partial charge on any atom is 0.264 e. The zero-order valence-electron chi connectivity index (χ0n) is 20.0. The maximum absolute atomic E-state index is 13.4. The van der Waals surface area contributed by atoms with Crippen molar-refractivity contribution in [2.45, 2.75) is 38.5 Å². The number of amides is 1. The minimum atomic E-state index is -3.90. The van der Waals surface area contributed by atoms with Crippen LogP contribution in [0.4, 0.5) is 5.69 Å². The molecule has 0 bridgehead atoms. The number of carbonyl (C=O) groups excluding carboxylic acids is 1. The SMILES string of the molecule is CCOc1ccc(CCCNC(=O)CN(c2ccc(C)cc2)S(=O)(=O)c2ccc(C)cc2)cc1. The van der Waals surface area contributed by atoms with E-state index in [9.17, 15) is 13.2 Å². The van der Waals surface area contributed by atoms with Crippen LogP contribution >= 0.6 is 0 Å². The molecule has 0 atom stereocenters. The fraction of sp³-hybridized carbons (Fsp3) is 0.296. The molecule has 180 valence electrons. The average Bonchev–Trinajstić information content (AvgIpc) is 2.82. The molecule has 1 amide bonds. The molecule has 3 aromatic carbocycles. The summed E-state index contributed by atoms with van der Waals surface area (Å²) in [6.07, 6.45) is 1.55. The van der Waals surface area contributed by atoms with Crippen molar-refractivity contribution in [1.29, 1.82) is 0 Å². The highest BCUT2D eigenvalue weighted by molar-refractivity contribution is 7.92. The summed E-state index contributed by atoms with van der Waals surface area (Å²) in [6.45, 7) is 6.57. The molecule has 1 N–H and O–H groups in total. The molecule has 0 saturated heterocycles. The number of rotatable bonds is 11. The largest absolute Gasteiger partial charge is 0.494 e. The Morgan fingerprint density at radius 2 is 1.47 bits per heavy atom. The molecule has 0 aliphatic carbocycles. The van der Waals surface area contributed by atoms with Gasteiger partial charge >= 0.3 is 0 Å². The molecule has 34 heavy (non-hydrogen) atoms. The van der Waals surface area contributed by atoms with E-state index < -0.39 is 10.0 Å². The summed E-state index contributed by atoms with van der Waals surface area (Å²) in [6, 6.07) is 21.7. The Bertz CT molecular complexity index is 1170. The number of aryl methyl sites for hydroxylation is 3. The van der Waals surface area contributed by atoms with Gasteiger partial charge in [0.05, 0.1) is 17.2 Å². The molecule has 3 aromatic rings. The van der Waals surface area contributed by atoms with Gasteiger partial charge in [0.25, 0.3) is 10.0 Å². The first kappa shape index (κ1) is 25.3. The molecule has 6 nitrogen and oxygen atoms in total. The van der Waals surface area contributed by atoms with Crippen LogP contribution in [0.25, 0.3) is 0 Å². The van der Waals surface area contributed by atoms with Gasteiger partial charge in [0, 0.05) is 6.54 Å². The normalized spacial score (nSPS) is 11.1. The number of nitrogens with zero attached hydrogens (tertiary/aromatic N) is 1. The van der Waals surface area contributed by atoms with Gasteiger partial charge in [0.2, 0.25) is 5.91 Å². The first-order valence-corrected chi connectivity index (χ1v) is 12.9. The predicted molar refractivity (Wildman–Crippen MR) is 136 cm³/mol. The van der Waals surface area contributed by atoms with Gasteiger partial charge in [-0.1, -0.05) is 47.5 Å². The van der Waals surface area contributed by atoms with Crippen LogP contribution in [-0.4, -0.2) is 34.0 Å². The molecule has 0 aliphatic rings. The van der Waals surface area contributed by atoms with Gasteiger partial charge in [0.15, 0.2) is 0 Å². The van der Waals surface area contributed by atoms with Gasteiger partial charge in [-0.2, -0.15) is 0 Å². The molecule has 0 fully saturated rings. The summed E-state index contributed by atoms with van der Waals surface area (Å²) in [5.41, 5.74) is 3.58. The van der Waals surface area contributed by atoms with Crippen LogP contribution in [0, 0.1) is 13.8 Å². The lowest BCUT2D eigenvalue weighted by atomic mass is 10.1. The summed E-state index contributed by atoms with van der Waals surface area (Å²) < 4.78 is 33.4. The summed E-state index contributed by atoms with van der Waals surface area (Å²) in [4.78, 5) is 12.9. The van der Waals surface area contributed by atoms with Crippen molar-refractivity contribution in [3.63, 3.8) is 0 Å². The lowest BCUT2D eigenvalue weighted by molar-refractivity contribution is -0.119. The Morgan fingerprint density at radius 1 is 0.882 bits per heavy atom. The molecule has 0 aliphatic heterocycles. The molecule has 0 unspecified atom stereocenters. The third-order valence-corrected chi connectivity index (χ3v) is 7.20. The van der Waals surface area contributed by atoms with E-state index in [0.29, 0.717) is 18.8 Å². The Hall–Kier alpha value is -3.32. The quantitative estimate of drug-likeness (QED) is 0.406. The highest BCUT2D eigenvalue weighted by Gasteiger charge is 2.27. The standard InChI is InChI=1S/C27H32N2O4S/c1-4-33-25-15-11-23(12-16-25)6-5-19-28-27(30)20-29(24-13-7-21(2)8-14-24)34(31,32)26-17-9-22(3)10-18-26/h7-18H,4-6,19-20H2,1-3H3,(H,28,30). The van der Waals surface area contributed by atoms with Crippen molar-refractivity contribution in [3.05, 3.63) is 89.5 Å². The monoisotopic (exact) mass is 480 g/mol. The van der Waals surface area contributed by atoms with E-state index in [1.54, 1.807) is 36.4 Å². The highest BCUT2D eigenvalue weighted by atomic mass is 32.2. The van der Waals surface area contributed by atoms with Gasteiger partial charge in [-0.3, -0.25) is 9.10 Å². The minimum Gasteiger partial charge on any atom is -0.494 e. The molecule has 3 rings (SSSR count). The molecule has 0 spiro atoms. The number of carbonyl (C=O) groups is 1. The van der Waals surface area contributed by atoms with Gasteiger partial charge in [-0.15, -0.1) is 0 Å². The van der Waals surface area contributed by atoms with E-state index in [0.717, 1.165) is 35.3 Å². The lowest BCUT2D eigenvalue weighted by Gasteiger charge is -2.24. The van der Waals surface area contributed by atoms with Crippen LogP contribution < -0.4 is 14.4 Å². The molecular formula is C27H32N2O4S. The van der Waals surface area contributed by atoms with E-state index in [-0.39, 0.29) is 17.3 Å². The second kappa shape index (κ2) is 11.7. The van der Waals surface area contributed by atoms with Crippen LogP contribution in [0.15, 0.2) is 77.7 Å². The first-order valence-electron chi connectivity index (χ1n) is 11.4. The van der Waals surface area contributed by atoms with E-state index in [2.05, 4.69) is 5.32 Å². The Morgan fingerprint density at radius 3 is 2.06 bits per heavy atom. The Labute approximate surface area is 202 Å². The fourth-order valence-corrected chi connectivity index (χ4v) is 4.91. The zero-order chi connectivity index (χ0) is 24.6. The highest BCUT2D eigenvalue weighted by Crippen LogP contribution is 2.24. The Balaban J connectivity index is 1.64. The predicted octanol–water partition coefficient (Wildman–Crippen LogP) is 4.65. The lowest BCUT2D eigenvalue weighted by Crippen LogP contribution is -2.41. The summed E-state index contributed by atoms with van der Waals surface area (Å²) in [7, 11) is -3.90. The van der Waals surface area contributed by atoms with Crippen LogP contribution in [0.3, 0.4) is 0 Å². The molecule has 0 radical (unpaired) electrons. The third-order valence-electron chi connectivity index (χ3n) is 5.42. The topological polar surface area (TPSA) is 75.7 Å². The van der Waals surface area contributed by atoms with Crippen LogP contribution in [0.1, 0.15) is 30.0 Å². The van der Waals surface area contributed by atoms with E-state index in [4.69, 9.17) is 4.74 Å². The van der Waals surface area contributed by atoms with Crippen LogP contribution in [0.5, 0.6) is 5.75 Å². The van der Waals surface area contributed by atoms with Crippen LogP contribution in [0.2, 0.25) is 0 Å². The molecule has 7 heteroatoms. The average molecular weight is 481 g/mol.